The lowest BCUT2D eigenvalue weighted by Gasteiger charge is -2.23. The molecule has 0 aliphatic rings. The zero-order valence-corrected chi connectivity index (χ0v) is 17.4. The van der Waals surface area contributed by atoms with Gasteiger partial charge in [-0.25, -0.2) is 0 Å². The van der Waals surface area contributed by atoms with Crippen LogP contribution in [0.3, 0.4) is 0 Å². The van der Waals surface area contributed by atoms with Crippen molar-refractivity contribution in [2.24, 2.45) is 11.1 Å². The lowest BCUT2D eigenvalue weighted by Crippen LogP contribution is -2.32. The molecule has 0 aliphatic heterocycles. The number of hydrogen-bond acceptors (Lipinski definition) is 3. The van der Waals surface area contributed by atoms with Crippen molar-refractivity contribution in [2.75, 3.05) is 6.61 Å². The molecular formula is C26H28N2O. The minimum atomic E-state index is 0.0116. The van der Waals surface area contributed by atoms with Gasteiger partial charge in [-0.1, -0.05) is 69.3 Å². The molecule has 0 spiro atoms. The molecule has 29 heavy (non-hydrogen) atoms. The minimum absolute atomic E-state index is 0.0116. The highest BCUT2D eigenvalue weighted by molar-refractivity contribution is 6.06. The van der Waals surface area contributed by atoms with Gasteiger partial charge < -0.3 is 10.5 Å². The fourth-order valence-corrected chi connectivity index (χ4v) is 4.01. The number of para-hydroxylation sites is 1. The van der Waals surface area contributed by atoms with Crippen LogP contribution in [0.2, 0.25) is 0 Å². The zero-order chi connectivity index (χ0) is 20.4. The molecular weight excluding hydrogens is 356 g/mol. The number of fused-ring (bicyclic) bond motifs is 2. The molecule has 0 aliphatic carbocycles. The summed E-state index contributed by atoms with van der Waals surface area (Å²) in [4.78, 5) is 4.50. The fourth-order valence-electron chi connectivity index (χ4n) is 4.01. The molecule has 1 atom stereocenters. The van der Waals surface area contributed by atoms with E-state index in [2.05, 4.69) is 86.4 Å². The molecule has 0 radical (unpaired) electrons. The largest absolute Gasteiger partial charge is 0.491 e. The van der Waals surface area contributed by atoms with E-state index in [-0.39, 0.29) is 11.5 Å². The van der Waals surface area contributed by atoms with Crippen LogP contribution in [0, 0.1) is 5.41 Å². The Bertz CT molecular complexity index is 1140. The maximum Gasteiger partial charge on any atom is 0.127 e. The van der Waals surface area contributed by atoms with E-state index in [1.807, 2.05) is 12.3 Å². The van der Waals surface area contributed by atoms with Crippen LogP contribution in [-0.4, -0.2) is 17.6 Å². The Morgan fingerprint density at radius 3 is 2.24 bits per heavy atom. The van der Waals surface area contributed by atoms with Crippen LogP contribution < -0.4 is 10.5 Å². The second-order valence-electron chi connectivity index (χ2n) is 8.87. The van der Waals surface area contributed by atoms with Gasteiger partial charge in [-0.05, 0) is 46.5 Å². The number of ether oxygens (including phenoxy) is 1. The molecule has 4 rings (SSSR count). The summed E-state index contributed by atoms with van der Waals surface area (Å²) in [7, 11) is 0. The van der Waals surface area contributed by atoms with Gasteiger partial charge in [0.25, 0.3) is 0 Å². The maximum atomic E-state index is 6.30. The van der Waals surface area contributed by atoms with Crippen LogP contribution in [0.4, 0.5) is 0 Å². The normalized spacial score (nSPS) is 13.0. The summed E-state index contributed by atoms with van der Waals surface area (Å²) in [6, 6.07) is 23.0. The van der Waals surface area contributed by atoms with Gasteiger partial charge in [-0.15, -0.1) is 0 Å². The summed E-state index contributed by atoms with van der Waals surface area (Å²) in [5.74, 6) is 0.882. The number of benzene rings is 3. The molecule has 1 unspecified atom stereocenters. The average molecular weight is 385 g/mol. The summed E-state index contributed by atoms with van der Waals surface area (Å²) >= 11 is 0. The smallest absolute Gasteiger partial charge is 0.127 e. The van der Waals surface area contributed by atoms with E-state index in [4.69, 9.17) is 10.5 Å². The first-order valence-electron chi connectivity index (χ1n) is 10.2. The molecule has 4 aromatic rings. The Hall–Kier alpha value is -2.91. The third kappa shape index (κ3) is 4.25. The quantitative estimate of drug-likeness (QED) is 0.446. The van der Waals surface area contributed by atoms with Gasteiger partial charge in [0, 0.05) is 23.0 Å². The first-order valence-corrected chi connectivity index (χ1v) is 10.2. The van der Waals surface area contributed by atoms with Crippen molar-refractivity contribution in [1.29, 1.82) is 0 Å². The van der Waals surface area contributed by atoms with Crippen molar-refractivity contribution in [3.8, 4) is 16.9 Å². The van der Waals surface area contributed by atoms with Crippen LogP contribution >= 0.6 is 0 Å². The van der Waals surface area contributed by atoms with Crippen molar-refractivity contribution < 1.29 is 4.74 Å². The van der Waals surface area contributed by atoms with Gasteiger partial charge in [0.15, 0.2) is 0 Å². The molecule has 3 aromatic carbocycles. The number of rotatable bonds is 5. The van der Waals surface area contributed by atoms with Gasteiger partial charge in [0.1, 0.15) is 12.4 Å². The number of nitrogens with zero attached hydrogens (tertiary/aromatic N) is 1. The van der Waals surface area contributed by atoms with Gasteiger partial charge in [0.05, 0.1) is 5.52 Å². The van der Waals surface area contributed by atoms with E-state index in [9.17, 15) is 0 Å². The van der Waals surface area contributed by atoms with E-state index in [1.165, 1.54) is 16.5 Å². The molecule has 0 amide bonds. The summed E-state index contributed by atoms with van der Waals surface area (Å²) in [5, 5.41) is 3.43. The third-order valence-corrected chi connectivity index (χ3v) is 5.15. The second kappa shape index (κ2) is 7.84. The van der Waals surface area contributed by atoms with Gasteiger partial charge in [-0.2, -0.15) is 0 Å². The SMILES string of the molecule is CC(C)(C)CC(N)COc1ccc(-c2ccnc3ccccc23)c2ccccc12. The molecule has 0 saturated carbocycles. The number of aromatic nitrogens is 1. The number of nitrogens with two attached hydrogens (primary N) is 1. The highest BCUT2D eigenvalue weighted by atomic mass is 16.5. The lowest BCUT2D eigenvalue weighted by atomic mass is 9.89. The van der Waals surface area contributed by atoms with Crippen molar-refractivity contribution in [1.82, 2.24) is 4.98 Å². The predicted molar refractivity (Wildman–Crippen MR) is 122 cm³/mol. The second-order valence-corrected chi connectivity index (χ2v) is 8.87. The van der Waals surface area contributed by atoms with Gasteiger partial charge in [0.2, 0.25) is 0 Å². The first-order chi connectivity index (χ1) is 13.9. The van der Waals surface area contributed by atoms with Gasteiger partial charge in [-0.3, -0.25) is 4.98 Å². The first kappa shape index (κ1) is 19.4. The molecule has 0 saturated heterocycles. The summed E-state index contributed by atoms with van der Waals surface area (Å²) in [5.41, 5.74) is 9.87. The number of pyridine rings is 1. The van der Waals surface area contributed by atoms with Crippen molar-refractivity contribution in [3.05, 3.63) is 72.9 Å². The number of hydrogen-bond donors (Lipinski definition) is 1. The average Bonchev–Trinajstić information content (AvgIpc) is 2.70. The van der Waals surface area contributed by atoms with Crippen LogP contribution in [0.1, 0.15) is 27.2 Å². The minimum Gasteiger partial charge on any atom is -0.491 e. The van der Waals surface area contributed by atoms with Crippen LogP contribution in [-0.2, 0) is 0 Å². The topological polar surface area (TPSA) is 48.1 Å². The maximum absolute atomic E-state index is 6.30. The highest BCUT2D eigenvalue weighted by Gasteiger charge is 2.17. The standard InChI is InChI=1S/C26H28N2O/c1-26(2,3)16-18(27)17-29-25-13-12-20(19-8-4-5-10-23(19)25)21-14-15-28-24-11-7-6-9-22(21)24/h4-15,18H,16-17,27H2,1-3H3. The van der Waals surface area contributed by atoms with E-state index >= 15 is 0 Å². The summed E-state index contributed by atoms with van der Waals surface area (Å²) < 4.78 is 6.17. The fraction of sp³-hybridized carbons (Fsp3) is 0.269. The van der Waals surface area contributed by atoms with Gasteiger partial charge >= 0.3 is 0 Å². The Morgan fingerprint density at radius 1 is 0.828 bits per heavy atom. The third-order valence-electron chi connectivity index (χ3n) is 5.15. The molecule has 148 valence electrons. The Balaban J connectivity index is 1.73. The summed E-state index contributed by atoms with van der Waals surface area (Å²) in [6.45, 7) is 7.13. The Morgan fingerprint density at radius 2 is 1.48 bits per heavy atom. The van der Waals surface area contributed by atoms with E-state index in [0.717, 1.165) is 28.5 Å². The van der Waals surface area contributed by atoms with Crippen LogP contribution in [0.5, 0.6) is 5.75 Å². The van der Waals surface area contributed by atoms with E-state index in [0.29, 0.717) is 6.61 Å². The Kier molecular flexibility index (Phi) is 5.25. The van der Waals surface area contributed by atoms with E-state index in [1.54, 1.807) is 0 Å². The van der Waals surface area contributed by atoms with Crippen LogP contribution in [0.25, 0.3) is 32.8 Å². The predicted octanol–water partition coefficient (Wildman–Crippen LogP) is 6.20. The molecule has 0 fully saturated rings. The molecule has 3 nitrogen and oxygen atoms in total. The monoisotopic (exact) mass is 384 g/mol. The van der Waals surface area contributed by atoms with Crippen LogP contribution in [0.15, 0.2) is 72.9 Å². The molecule has 1 heterocycles. The highest BCUT2D eigenvalue weighted by Crippen LogP contribution is 2.37. The molecule has 0 bridgehead atoms. The molecule has 2 N–H and O–H groups in total. The van der Waals surface area contributed by atoms with E-state index < -0.39 is 0 Å². The molecule has 3 heteroatoms. The Labute approximate surface area is 172 Å². The van der Waals surface area contributed by atoms with Crippen molar-refractivity contribution in [2.45, 2.75) is 33.2 Å². The lowest BCUT2D eigenvalue weighted by molar-refractivity contribution is 0.243. The zero-order valence-electron chi connectivity index (χ0n) is 17.4. The van der Waals surface area contributed by atoms with Crippen molar-refractivity contribution in [3.63, 3.8) is 0 Å². The molecule has 1 aromatic heterocycles. The summed E-state index contributed by atoms with van der Waals surface area (Å²) in [6.07, 6.45) is 2.80. The van der Waals surface area contributed by atoms with Crippen molar-refractivity contribution >= 4 is 21.7 Å².